The molecule has 0 saturated heterocycles. The van der Waals surface area contributed by atoms with Crippen LogP contribution in [0.5, 0.6) is 0 Å². The van der Waals surface area contributed by atoms with Crippen molar-refractivity contribution in [2.24, 2.45) is 0 Å². The highest BCUT2D eigenvalue weighted by Gasteiger charge is 2.15. The van der Waals surface area contributed by atoms with Gasteiger partial charge in [-0.1, -0.05) is 91.0 Å². The maximum absolute atomic E-state index is 5.32. The third-order valence-corrected chi connectivity index (χ3v) is 8.15. The van der Waals surface area contributed by atoms with Crippen LogP contribution in [0.3, 0.4) is 0 Å². The van der Waals surface area contributed by atoms with Gasteiger partial charge in [-0.2, -0.15) is 0 Å². The number of benzene rings is 5. The predicted molar refractivity (Wildman–Crippen MR) is 176 cm³/mol. The maximum Gasteiger partial charge on any atom is 0.0974 e. The number of hydrogen-bond donors (Lipinski definition) is 0. The number of aromatic nitrogens is 3. The lowest BCUT2D eigenvalue weighted by Gasteiger charge is -2.14. The van der Waals surface area contributed by atoms with Gasteiger partial charge in [0, 0.05) is 38.7 Å². The van der Waals surface area contributed by atoms with Crippen molar-refractivity contribution < 1.29 is 0 Å². The van der Waals surface area contributed by atoms with Crippen molar-refractivity contribution in [3.05, 3.63) is 139 Å². The molecule has 0 spiro atoms. The van der Waals surface area contributed by atoms with Gasteiger partial charge in [0.15, 0.2) is 0 Å². The predicted octanol–water partition coefficient (Wildman–Crippen LogP) is 10.1. The molecule has 0 N–H and O–H groups in total. The van der Waals surface area contributed by atoms with Gasteiger partial charge < -0.3 is 0 Å². The first-order valence-corrected chi connectivity index (χ1v) is 14.3. The summed E-state index contributed by atoms with van der Waals surface area (Å²) in [5, 5.41) is 5.76. The van der Waals surface area contributed by atoms with Gasteiger partial charge in [-0.25, -0.2) is 4.98 Å². The summed E-state index contributed by atoms with van der Waals surface area (Å²) < 4.78 is 0. The van der Waals surface area contributed by atoms with Gasteiger partial charge in [0.25, 0.3) is 0 Å². The topological polar surface area (TPSA) is 38.7 Å². The second-order valence-electron chi connectivity index (χ2n) is 11.0. The van der Waals surface area contributed by atoms with Crippen LogP contribution in [0.4, 0.5) is 0 Å². The minimum atomic E-state index is 0.944. The van der Waals surface area contributed by atoms with Crippen LogP contribution < -0.4 is 0 Å². The SMILES string of the molecule is Cc1ccc2cc(-c3cccc(-c4ccc5cc6ccccc6c(-c6ccccc6)c5n4)c3)c3ccc(C)nc3c2n1. The summed E-state index contributed by atoms with van der Waals surface area (Å²) in [5.41, 5.74) is 11.5. The van der Waals surface area contributed by atoms with Crippen LogP contribution in [0.1, 0.15) is 11.4 Å². The van der Waals surface area contributed by atoms with E-state index in [0.717, 1.165) is 66.5 Å². The Labute approximate surface area is 244 Å². The molecule has 0 aliphatic rings. The molecular formula is C39H27N3. The number of pyridine rings is 3. The van der Waals surface area contributed by atoms with Crippen LogP contribution in [0.2, 0.25) is 0 Å². The van der Waals surface area contributed by atoms with Gasteiger partial charge in [-0.15, -0.1) is 0 Å². The second-order valence-corrected chi connectivity index (χ2v) is 11.0. The van der Waals surface area contributed by atoms with E-state index in [-0.39, 0.29) is 0 Å². The Balaban J connectivity index is 1.34. The van der Waals surface area contributed by atoms with E-state index in [1.807, 2.05) is 13.8 Å². The monoisotopic (exact) mass is 537 g/mol. The van der Waals surface area contributed by atoms with Crippen molar-refractivity contribution in [1.82, 2.24) is 15.0 Å². The molecule has 0 radical (unpaired) electrons. The number of rotatable bonds is 3. The van der Waals surface area contributed by atoms with E-state index < -0.39 is 0 Å². The highest BCUT2D eigenvalue weighted by molar-refractivity contribution is 6.12. The van der Waals surface area contributed by atoms with Crippen LogP contribution in [0.15, 0.2) is 127 Å². The fourth-order valence-electron chi connectivity index (χ4n) is 6.14. The smallest absolute Gasteiger partial charge is 0.0974 e. The molecule has 3 heteroatoms. The summed E-state index contributed by atoms with van der Waals surface area (Å²) in [7, 11) is 0. The molecule has 0 bridgehead atoms. The molecule has 0 fully saturated rings. The fourth-order valence-corrected chi connectivity index (χ4v) is 6.14. The van der Waals surface area contributed by atoms with Crippen molar-refractivity contribution in [1.29, 1.82) is 0 Å². The number of nitrogens with zero attached hydrogens (tertiary/aromatic N) is 3. The van der Waals surface area contributed by atoms with Crippen molar-refractivity contribution in [3.63, 3.8) is 0 Å². The molecule has 8 aromatic rings. The van der Waals surface area contributed by atoms with Gasteiger partial charge in [-0.3, -0.25) is 9.97 Å². The lowest BCUT2D eigenvalue weighted by atomic mass is 9.93. The first-order chi connectivity index (χ1) is 20.6. The first-order valence-electron chi connectivity index (χ1n) is 14.3. The molecule has 0 unspecified atom stereocenters. The first kappa shape index (κ1) is 24.4. The lowest BCUT2D eigenvalue weighted by molar-refractivity contribution is 1.23. The van der Waals surface area contributed by atoms with Crippen LogP contribution in [-0.2, 0) is 0 Å². The molecule has 0 amide bonds. The molecule has 3 aromatic heterocycles. The lowest BCUT2D eigenvalue weighted by Crippen LogP contribution is -1.93. The normalized spacial score (nSPS) is 11.6. The standard InChI is InChI=1S/C39H27N3/c1-24-15-17-31-23-34(33-19-16-25(2)41-39(33)38(31)40-24)28-12-8-13-29(21-28)35-20-18-30-22-27-11-6-7-14-32(27)36(37(30)42-35)26-9-4-3-5-10-26/h3-23H,1-2H3. The fraction of sp³-hybridized carbons (Fsp3) is 0.0513. The Morgan fingerprint density at radius 2 is 1.10 bits per heavy atom. The van der Waals surface area contributed by atoms with E-state index >= 15 is 0 Å². The summed E-state index contributed by atoms with van der Waals surface area (Å²) in [5.74, 6) is 0. The molecule has 42 heavy (non-hydrogen) atoms. The number of aryl methyl sites for hydroxylation is 2. The molecule has 5 aromatic carbocycles. The minimum Gasteiger partial charge on any atom is -0.251 e. The Hall–Kier alpha value is -5.41. The summed E-state index contributed by atoms with van der Waals surface area (Å²) in [6, 6.07) is 45.2. The van der Waals surface area contributed by atoms with Gasteiger partial charge in [0.05, 0.1) is 22.2 Å². The Bertz CT molecular complexity index is 2320. The highest BCUT2D eigenvalue weighted by atomic mass is 14.8. The maximum atomic E-state index is 5.32. The summed E-state index contributed by atoms with van der Waals surface area (Å²) in [6.45, 7) is 4.06. The molecule has 0 aliphatic carbocycles. The van der Waals surface area contributed by atoms with Crippen LogP contribution >= 0.6 is 0 Å². The zero-order valence-electron chi connectivity index (χ0n) is 23.5. The van der Waals surface area contributed by atoms with Gasteiger partial charge in [0.1, 0.15) is 0 Å². The van der Waals surface area contributed by atoms with Gasteiger partial charge in [0.2, 0.25) is 0 Å². The Morgan fingerprint density at radius 3 is 1.98 bits per heavy atom. The van der Waals surface area contributed by atoms with Crippen molar-refractivity contribution in [3.8, 4) is 33.5 Å². The van der Waals surface area contributed by atoms with Crippen molar-refractivity contribution >= 4 is 43.5 Å². The van der Waals surface area contributed by atoms with E-state index in [2.05, 4.69) is 127 Å². The van der Waals surface area contributed by atoms with E-state index in [1.165, 1.54) is 21.9 Å². The number of hydrogen-bond acceptors (Lipinski definition) is 3. The minimum absolute atomic E-state index is 0.944. The zero-order valence-corrected chi connectivity index (χ0v) is 23.5. The molecule has 0 aliphatic heterocycles. The summed E-state index contributed by atoms with van der Waals surface area (Å²) in [6.07, 6.45) is 0. The van der Waals surface area contributed by atoms with Crippen molar-refractivity contribution in [2.45, 2.75) is 13.8 Å². The second kappa shape index (κ2) is 9.60. The quantitative estimate of drug-likeness (QED) is 0.166. The molecule has 0 saturated carbocycles. The average molecular weight is 538 g/mol. The van der Waals surface area contributed by atoms with E-state index in [4.69, 9.17) is 15.0 Å². The van der Waals surface area contributed by atoms with Gasteiger partial charge in [-0.05, 0) is 77.7 Å². The van der Waals surface area contributed by atoms with Gasteiger partial charge >= 0.3 is 0 Å². The highest BCUT2D eigenvalue weighted by Crippen LogP contribution is 2.38. The average Bonchev–Trinajstić information content (AvgIpc) is 3.03. The van der Waals surface area contributed by atoms with E-state index in [1.54, 1.807) is 0 Å². The molecular weight excluding hydrogens is 510 g/mol. The van der Waals surface area contributed by atoms with E-state index in [9.17, 15) is 0 Å². The molecule has 3 heterocycles. The molecule has 0 atom stereocenters. The summed E-state index contributed by atoms with van der Waals surface area (Å²) in [4.78, 5) is 15.1. The largest absolute Gasteiger partial charge is 0.251 e. The Kier molecular flexibility index (Phi) is 5.58. The van der Waals surface area contributed by atoms with Crippen LogP contribution in [-0.4, -0.2) is 15.0 Å². The van der Waals surface area contributed by atoms with Crippen molar-refractivity contribution in [2.75, 3.05) is 0 Å². The molecule has 198 valence electrons. The molecule has 8 rings (SSSR count). The molecule has 3 nitrogen and oxygen atoms in total. The van der Waals surface area contributed by atoms with Crippen LogP contribution in [0, 0.1) is 13.8 Å². The Morgan fingerprint density at radius 1 is 0.405 bits per heavy atom. The number of fused-ring (bicyclic) bond motifs is 5. The summed E-state index contributed by atoms with van der Waals surface area (Å²) >= 11 is 0. The van der Waals surface area contributed by atoms with Crippen LogP contribution in [0.25, 0.3) is 77.0 Å². The zero-order chi connectivity index (χ0) is 28.2. The van der Waals surface area contributed by atoms with E-state index in [0.29, 0.717) is 0 Å². The third-order valence-electron chi connectivity index (χ3n) is 8.15. The third kappa shape index (κ3) is 4.02.